The molecule has 6 heteroatoms. The average molecular weight is 420 g/mol. The first kappa shape index (κ1) is 19.9. The molecule has 0 saturated heterocycles. The van der Waals surface area contributed by atoms with Gasteiger partial charge in [0.1, 0.15) is 11.4 Å². The fourth-order valence-corrected chi connectivity index (χ4v) is 5.75. The van der Waals surface area contributed by atoms with Gasteiger partial charge < -0.3 is 20.7 Å². The number of methoxy groups -OCH3 is 1. The number of amides is 2. The van der Waals surface area contributed by atoms with Crippen molar-refractivity contribution in [2.45, 2.75) is 37.8 Å². The smallest absolute Gasteiger partial charge is 0.255 e. The van der Waals surface area contributed by atoms with Crippen LogP contribution in [0.5, 0.6) is 5.75 Å². The standard InChI is InChI=1S/C25H29N3O3/c1-31-19-6-4-5-16(13-19)11-12-26-23(29)21-14-18-10-9-17(21)15-25(18)27-22-8-3-2-7-20(22)24(30)28-25/h2-8,13,17-18,21,27H,9-12,14-15H2,1H3,(H,26,29)(H,28,30)/t17-,18+,21-,25+/m0/s1. The fourth-order valence-electron chi connectivity index (χ4n) is 5.75. The first-order valence-corrected chi connectivity index (χ1v) is 11.2. The predicted octanol–water partition coefficient (Wildman–Crippen LogP) is 3.34. The number of ether oxygens (including phenoxy) is 1. The first-order valence-electron chi connectivity index (χ1n) is 11.2. The van der Waals surface area contributed by atoms with Gasteiger partial charge in [-0.05, 0) is 67.9 Å². The molecule has 3 aliphatic carbocycles. The van der Waals surface area contributed by atoms with Crippen LogP contribution in [-0.4, -0.2) is 31.1 Å². The van der Waals surface area contributed by atoms with Crippen LogP contribution in [-0.2, 0) is 11.2 Å². The molecule has 4 aliphatic rings. The van der Waals surface area contributed by atoms with Gasteiger partial charge in [0.25, 0.3) is 5.91 Å². The summed E-state index contributed by atoms with van der Waals surface area (Å²) >= 11 is 0. The number of hydrogen-bond donors (Lipinski definition) is 3. The second-order valence-corrected chi connectivity index (χ2v) is 9.07. The van der Waals surface area contributed by atoms with E-state index in [2.05, 4.69) is 22.0 Å². The third-order valence-corrected chi connectivity index (χ3v) is 7.32. The Hall–Kier alpha value is -3.02. The number of nitrogens with one attached hydrogen (secondary N) is 3. The van der Waals surface area contributed by atoms with E-state index in [1.807, 2.05) is 42.5 Å². The molecule has 31 heavy (non-hydrogen) atoms. The minimum absolute atomic E-state index is 0.0128. The maximum absolute atomic E-state index is 13.0. The number of carbonyl (C=O) groups excluding carboxylic acids is 2. The maximum Gasteiger partial charge on any atom is 0.255 e. The van der Waals surface area contributed by atoms with Gasteiger partial charge in [-0.1, -0.05) is 24.3 Å². The van der Waals surface area contributed by atoms with Crippen molar-refractivity contribution in [3.63, 3.8) is 0 Å². The normalized spacial score (nSPS) is 28.4. The fraction of sp³-hybridized carbons (Fsp3) is 0.440. The quantitative estimate of drug-likeness (QED) is 0.695. The maximum atomic E-state index is 13.0. The van der Waals surface area contributed by atoms with Crippen molar-refractivity contribution in [3.8, 4) is 5.75 Å². The Morgan fingerprint density at radius 2 is 2.03 bits per heavy atom. The minimum atomic E-state index is -0.425. The van der Waals surface area contributed by atoms with E-state index in [1.165, 1.54) is 0 Å². The van der Waals surface area contributed by atoms with Crippen LogP contribution in [0.4, 0.5) is 5.69 Å². The number of para-hydroxylation sites is 1. The molecule has 6 rings (SSSR count). The van der Waals surface area contributed by atoms with Gasteiger partial charge in [-0.2, -0.15) is 0 Å². The predicted molar refractivity (Wildman–Crippen MR) is 119 cm³/mol. The highest BCUT2D eigenvalue weighted by Crippen LogP contribution is 2.51. The lowest BCUT2D eigenvalue weighted by Gasteiger charge is -2.56. The Labute approximate surface area is 182 Å². The summed E-state index contributed by atoms with van der Waals surface area (Å²) in [5.74, 6) is 1.52. The highest BCUT2D eigenvalue weighted by Gasteiger charge is 2.55. The van der Waals surface area contributed by atoms with E-state index in [1.54, 1.807) is 7.11 Å². The van der Waals surface area contributed by atoms with Crippen molar-refractivity contribution in [3.05, 3.63) is 59.7 Å². The van der Waals surface area contributed by atoms with Crippen molar-refractivity contribution in [1.82, 2.24) is 10.6 Å². The van der Waals surface area contributed by atoms with Gasteiger partial charge in [0.2, 0.25) is 5.91 Å². The molecule has 0 aromatic heterocycles. The molecule has 2 bridgehead atoms. The van der Waals surface area contributed by atoms with Crippen LogP contribution in [0.25, 0.3) is 0 Å². The highest BCUT2D eigenvalue weighted by molar-refractivity contribution is 6.02. The van der Waals surface area contributed by atoms with Gasteiger partial charge in [-0.25, -0.2) is 0 Å². The van der Waals surface area contributed by atoms with E-state index in [4.69, 9.17) is 4.74 Å². The Kier molecular flexibility index (Phi) is 5.08. The van der Waals surface area contributed by atoms with Crippen LogP contribution >= 0.6 is 0 Å². The van der Waals surface area contributed by atoms with Crippen molar-refractivity contribution in [2.24, 2.45) is 17.8 Å². The lowest BCUT2D eigenvalue weighted by molar-refractivity contribution is -0.132. The molecule has 2 aromatic rings. The number of rotatable bonds is 5. The van der Waals surface area contributed by atoms with Crippen LogP contribution in [0.3, 0.4) is 0 Å². The zero-order chi connectivity index (χ0) is 21.4. The monoisotopic (exact) mass is 419 g/mol. The van der Waals surface area contributed by atoms with Crippen LogP contribution in [0.1, 0.15) is 41.6 Å². The molecule has 0 radical (unpaired) electrons. The Morgan fingerprint density at radius 1 is 1.16 bits per heavy atom. The molecular formula is C25H29N3O3. The Bertz CT molecular complexity index is 1010. The van der Waals surface area contributed by atoms with Crippen LogP contribution in [0.2, 0.25) is 0 Å². The van der Waals surface area contributed by atoms with Crippen LogP contribution in [0.15, 0.2) is 48.5 Å². The van der Waals surface area contributed by atoms with E-state index >= 15 is 0 Å². The molecule has 162 valence electrons. The average Bonchev–Trinajstić information content (AvgIpc) is 2.79. The van der Waals surface area contributed by atoms with Gasteiger partial charge in [0.05, 0.1) is 12.7 Å². The van der Waals surface area contributed by atoms with Gasteiger partial charge in [0, 0.05) is 24.1 Å². The van der Waals surface area contributed by atoms with Gasteiger partial charge in [0.15, 0.2) is 0 Å². The second-order valence-electron chi connectivity index (χ2n) is 9.07. The van der Waals surface area contributed by atoms with Crippen molar-refractivity contribution in [2.75, 3.05) is 19.0 Å². The third-order valence-electron chi connectivity index (χ3n) is 7.32. The number of hydrogen-bond acceptors (Lipinski definition) is 4. The zero-order valence-corrected chi connectivity index (χ0v) is 17.8. The first-order chi connectivity index (χ1) is 15.1. The summed E-state index contributed by atoms with van der Waals surface area (Å²) in [6, 6.07) is 15.6. The second kappa shape index (κ2) is 7.91. The number of anilines is 1. The van der Waals surface area contributed by atoms with Gasteiger partial charge in [-0.3, -0.25) is 9.59 Å². The molecule has 4 atom stereocenters. The summed E-state index contributed by atoms with van der Waals surface area (Å²) in [6.07, 6.45) is 4.46. The summed E-state index contributed by atoms with van der Waals surface area (Å²) in [5.41, 5.74) is 2.32. The molecular weight excluding hydrogens is 390 g/mol. The number of fused-ring (bicyclic) bond motifs is 3. The third kappa shape index (κ3) is 3.64. The molecule has 1 spiro atoms. The van der Waals surface area contributed by atoms with Crippen LogP contribution in [0, 0.1) is 17.8 Å². The molecule has 6 nitrogen and oxygen atoms in total. The molecule has 0 unspecified atom stereocenters. The van der Waals surface area contributed by atoms with Crippen LogP contribution < -0.4 is 20.7 Å². The summed E-state index contributed by atoms with van der Waals surface area (Å²) < 4.78 is 5.27. The molecule has 1 aliphatic heterocycles. The molecule has 1 heterocycles. The topological polar surface area (TPSA) is 79.5 Å². The van der Waals surface area contributed by atoms with E-state index in [0.29, 0.717) is 12.1 Å². The van der Waals surface area contributed by atoms with Gasteiger partial charge in [-0.15, -0.1) is 0 Å². The van der Waals surface area contributed by atoms with E-state index in [-0.39, 0.29) is 29.6 Å². The molecule has 2 aromatic carbocycles. The van der Waals surface area contributed by atoms with E-state index < -0.39 is 5.66 Å². The van der Waals surface area contributed by atoms with Gasteiger partial charge >= 0.3 is 0 Å². The zero-order valence-electron chi connectivity index (χ0n) is 17.8. The van der Waals surface area contributed by atoms with E-state index in [9.17, 15) is 9.59 Å². The van der Waals surface area contributed by atoms with Crippen molar-refractivity contribution in [1.29, 1.82) is 0 Å². The SMILES string of the molecule is COc1cccc(CCNC(=O)[C@H]2C[C@H]3CC[C@H]2C[C@@]32NC(=O)c3ccccc3N2)c1. The van der Waals surface area contributed by atoms with E-state index in [0.717, 1.165) is 49.1 Å². The largest absolute Gasteiger partial charge is 0.497 e. The Balaban J connectivity index is 1.22. The summed E-state index contributed by atoms with van der Waals surface area (Å²) in [5, 5.41) is 10.0. The minimum Gasteiger partial charge on any atom is -0.497 e. The van der Waals surface area contributed by atoms with Crippen molar-refractivity contribution < 1.29 is 14.3 Å². The lowest BCUT2D eigenvalue weighted by Crippen LogP contribution is -2.68. The van der Waals surface area contributed by atoms with Crippen molar-refractivity contribution >= 4 is 17.5 Å². The summed E-state index contributed by atoms with van der Waals surface area (Å²) in [4.78, 5) is 25.7. The molecule has 3 saturated carbocycles. The molecule has 3 N–H and O–H groups in total. The Morgan fingerprint density at radius 3 is 2.84 bits per heavy atom. The summed E-state index contributed by atoms with van der Waals surface area (Å²) in [7, 11) is 1.66. The number of benzene rings is 2. The lowest BCUT2D eigenvalue weighted by atomic mass is 9.58. The number of carbonyl (C=O) groups is 2. The molecule has 2 amide bonds. The molecule has 3 fully saturated rings. The summed E-state index contributed by atoms with van der Waals surface area (Å²) in [6.45, 7) is 0.618. The highest BCUT2D eigenvalue weighted by atomic mass is 16.5.